The van der Waals surface area contributed by atoms with Gasteiger partial charge in [0.05, 0.1) is 17.1 Å². The van der Waals surface area contributed by atoms with Gasteiger partial charge in [0, 0.05) is 5.75 Å². The number of carbonyl (C=O) groups is 1. The Morgan fingerprint density at radius 2 is 1.52 bits per heavy atom. The maximum atomic E-state index is 13.3. The van der Waals surface area contributed by atoms with Crippen molar-refractivity contribution in [1.29, 1.82) is 0 Å². The Kier molecular flexibility index (Phi) is 6.57. The summed E-state index contributed by atoms with van der Waals surface area (Å²) in [5.74, 6) is 2.05. The van der Waals surface area contributed by atoms with Crippen LogP contribution >= 0.6 is 34.9 Å². The van der Waals surface area contributed by atoms with E-state index < -0.39 is 0 Å². The molecule has 1 amide bonds. The Labute approximate surface area is 184 Å². The van der Waals surface area contributed by atoms with E-state index in [1.54, 1.807) is 23.1 Å². The zero-order chi connectivity index (χ0) is 20.2. The Balaban J connectivity index is 1.53. The van der Waals surface area contributed by atoms with Crippen molar-refractivity contribution in [3.8, 4) is 0 Å². The molecule has 0 radical (unpaired) electrons. The van der Waals surface area contributed by atoms with Crippen molar-refractivity contribution in [3.63, 3.8) is 0 Å². The fourth-order valence-electron chi connectivity index (χ4n) is 3.29. The molecule has 7 heteroatoms. The topological polar surface area (TPSA) is 46.1 Å². The molecule has 0 unspecified atom stereocenters. The lowest BCUT2D eigenvalue weighted by atomic mass is 10.0. The third-order valence-electron chi connectivity index (χ3n) is 4.63. The number of amides is 1. The molecule has 1 aliphatic heterocycles. The fraction of sp³-hybridized carbons (Fsp3) is 0.318. The van der Waals surface area contributed by atoms with Gasteiger partial charge < -0.3 is 0 Å². The van der Waals surface area contributed by atoms with E-state index in [2.05, 4.69) is 36.2 Å². The molecule has 0 saturated heterocycles. The number of fused-ring (bicyclic) bond motifs is 2. The number of carbonyl (C=O) groups excluding carboxylic acids is 1. The Morgan fingerprint density at radius 3 is 2.10 bits per heavy atom. The average molecular weight is 442 g/mol. The van der Waals surface area contributed by atoms with Crippen molar-refractivity contribution < 1.29 is 4.79 Å². The number of thioether (sulfide) groups is 2. The number of aryl methyl sites for hydroxylation is 2. The molecule has 2 aromatic carbocycles. The second-order valence-corrected chi connectivity index (χ2v) is 10.8. The minimum Gasteiger partial charge on any atom is -0.280 e. The van der Waals surface area contributed by atoms with Crippen LogP contribution in [0.15, 0.2) is 57.2 Å². The summed E-state index contributed by atoms with van der Waals surface area (Å²) in [6.07, 6.45) is 1.88. The number of aromatic nitrogens is 2. The Bertz CT molecular complexity index is 955. The summed E-state index contributed by atoms with van der Waals surface area (Å²) in [5.41, 5.74) is 4.41. The summed E-state index contributed by atoms with van der Waals surface area (Å²) in [7, 11) is 0. The van der Waals surface area contributed by atoms with Crippen molar-refractivity contribution >= 4 is 52.1 Å². The van der Waals surface area contributed by atoms with Crippen molar-refractivity contribution in [2.75, 3.05) is 16.4 Å². The maximum Gasteiger partial charge on any atom is 0.242 e. The highest BCUT2D eigenvalue weighted by Gasteiger charge is 2.25. The van der Waals surface area contributed by atoms with Crippen LogP contribution in [0, 0.1) is 5.92 Å². The number of para-hydroxylation sites is 2. The number of anilines is 2. The van der Waals surface area contributed by atoms with Gasteiger partial charge in [-0.1, -0.05) is 85.1 Å². The third kappa shape index (κ3) is 4.85. The number of benzene rings is 2. The highest BCUT2D eigenvalue weighted by Crippen LogP contribution is 2.37. The SMILES string of the molecule is CC(C)CSc1nnc(SCC(=O)N2c3ccccc3CCc3ccccc32)s1. The summed E-state index contributed by atoms with van der Waals surface area (Å²) >= 11 is 4.78. The molecule has 2 heterocycles. The highest BCUT2D eigenvalue weighted by atomic mass is 32.2. The Morgan fingerprint density at radius 1 is 0.966 bits per heavy atom. The van der Waals surface area contributed by atoms with Crippen molar-refractivity contribution in [2.24, 2.45) is 5.92 Å². The first-order valence-corrected chi connectivity index (χ1v) is 12.5. The van der Waals surface area contributed by atoms with E-state index in [9.17, 15) is 4.79 Å². The van der Waals surface area contributed by atoms with Gasteiger partial charge in [-0.3, -0.25) is 9.69 Å². The normalized spacial score (nSPS) is 13.1. The minimum absolute atomic E-state index is 0.0726. The van der Waals surface area contributed by atoms with Gasteiger partial charge in [-0.2, -0.15) is 0 Å². The number of hydrogen-bond donors (Lipinski definition) is 0. The molecule has 1 aliphatic rings. The first-order chi connectivity index (χ1) is 14.1. The van der Waals surface area contributed by atoms with Gasteiger partial charge in [-0.25, -0.2) is 0 Å². The summed E-state index contributed by atoms with van der Waals surface area (Å²) in [6.45, 7) is 4.39. The van der Waals surface area contributed by atoms with E-state index >= 15 is 0 Å². The van der Waals surface area contributed by atoms with Crippen LogP contribution in [-0.4, -0.2) is 27.6 Å². The van der Waals surface area contributed by atoms with Crippen molar-refractivity contribution in [2.45, 2.75) is 35.4 Å². The Hall–Kier alpha value is -1.83. The molecule has 1 aromatic heterocycles. The molecular formula is C22H23N3OS3. The summed E-state index contributed by atoms with van der Waals surface area (Å²) < 4.78 is 1.82. The van der Waals surface area contributed by atoms with Gasteiger partial charge in [0.1, 0.15) is 0 Å². The smallest absolute Gasteiger partial charge is 0.242 e. The van der Waals surface area contributed by atoms with Crippen molar-refractivity contribution in [3.05, 3.63) is 59.7 Å². The summed E-state index contributed by atoms with van der Waals surface area (Å²) in [4.78, 5) is 15.2. The molecule has 29 heavy (non-hydrogen) atoms. The van der Waals surface area contributed by atoms with Gasteiger partial charge in [-0.05, 0) is 42.0 Å². The van der Waals surface area contributed by atoms with Gasteiger partial charge >= 0.3 is 0 Å². The molecule has 4 nitrogen and oxygen atoms in total. The molecule has 0 fully saturated rings. The number of nitrogens with zero attached hydrogens (tertiary/aromatic N) is 3. The second-order valence-electron chi connectivity index (χ2n) is 7.31. The predicted octanol–water partition coefficient (Wildman–Crippen LogP) is 5.84. The second kappa shape index (κ2) is 9.32. The minimum atomic E-state index is 0.0726. The molecule has 0 aliphatic carbocycles. The predicted molar refractivity (Wildman–Crippen MR) is 124 cm³/mol. The van der Waals surface area contributed by atoms with Crippen LogP contribution in [0.25, 0.3) is 0 Å². The van der Waals surface area contributed by atoms with Crippen LogP contribution in [0.2, 0.25) is 0 Å². The van der Waals surface area contributed by atoms with Crippen LogP contribution in [0.5, 0.6) is 0 Å². The third-order valence-corrected chi connectivity index (χ3v) is 8.23. The lowest BCUT2D eigenvalue weighted by Gasteiger charge is -2.24. The maximum absolute atomic E-state index is 13.3. The quantitative estimate of drug-likeness (QED) is 0.450. The first kappa shape index (κ1) is 20.4. The van der Waals surface area contributed by atoms with Crippen LogP contribution < -0.4 is 4.90 Å². The molecule has 0 N–H and O–H groups in total. The van der Waals surface area contributed by atoms with E-state index in [0.29, 0.717) is 11.7 Å². The lowest BCUT2D eigenvalue weighted by Crippen LogP contribution is -2.28. The fourth-order valence-corrected chi connectivity index (χ4v) is 6.13. The summed E-state index contributed by atoms with van der Waals surface area (Å²) in [5, 5.41) is 8.51. The van der Waals surface area contributed by atoms with E-state index in [4.69, 9.17) is 0 Å². The van der Waals surface area contributed by atoms with Crippen LogP contribution in [-0.2, 0) is 17.6 Å². The summed E-state index contributed by atoms with van der Waals surface area (Å²) in [6, 6.07) is 16.4. The molecule has 0 atom stereocenters. The van der Waals surface area contributed by atoms with Crippen LogP contribution in [0.1, 0.15) is 25.0 Å². The molecule has 3 aromatic rings. The lowest BCUT2D eigenvalue weighted by molar-refractivity contribution is -0.115. The van der Waals surface area contributed by atoms with Gasteiger partial charge in [-0.15, -0.1) is 10.2 Å². The van der Waals surface area contributed by atoms with Crippen molar-refractivity contribution in [1.82, 2.24) is 10.2 Å². The van der Waals surface area contributed by atoms with Gasteiger partial charge in [0.25, 0.3) is 0 Å². The number of rotatable bonds is 6. The van der Waals surface area contributed by atoms with E-state index in [0.717, 1.165) is 38.6 Å². The van der Waals surface area contributed by atoms with E-state index in [1.807, 2.05) is 41.3 Å². The standard InChI is InChI=1S/C22H23N3OS3/c1-15(2)13-27-21-23-24-22(29-21)28-14-20(26)25-18-9-5-3-7-16(18)11-12-17-8-4-6-10-19(17)25/h3-10,15H,11-14H2,1-2H3. The molecule has 4 rings (SSSR count). The number of hydrogen-bond acceptors (Lipinski definition) is 6. The molecule has 150 valence electrons. The molecule has 0 saturated carbocycles. The zero-order valence-electron chi connectivity index (χ0n) is 16.5. The largest absolute Gasteiger partial charge is 0.280 e. The zero-order valence-corrected chi connectivity index (χ0v) is 18.9. The van der Waals surface area contributed by atoms with Gasteiger partial charge in [0.2, 0.25) is 5.91 Å². The van der Waals surface area contributed by atoms with E-state index in [1.165, 1.54) is 22.9 Å². The molecular weight excluding hydrogens is 418 g/mol. The van der Waals surface area contributed by atoms with Crippen LogP contribution in [0.4, 0.5) is 11.4 Å². The molecule has 0 spiro atoms. The monoisotopic (exact) mass is 441 g/mol. The molecule has 0 bridgehead atoms. The highest BCUT2D eigenvalue weighted by molar-refractivity contribution is 8.03. The average Bonchev–Trinajstić information content (AvgIpc) is 3.11. The first-order valence-electron chi connectivity index (χ1n) is 9.69. The van der Waals surface area contributed by atoms with Gasteiger partial charge in [0.15, 0.2) is 8.68 Å². The van der Waals surface area contributed by atoms with Crippen LogP contribution in [0.3, 0.4) is 0 Å². The van der Waals surface area contributed by atoms with E-state index in [-0.39, 0.29) is 5.91 Å².